The molecule has 0 N–H and O–H groups in total. The molecule has 0 rings (SSSR count). The Kier molecular flexibility index (Phi) is 8.91. The van der Waals surface area contributed by atoms with Crippen LogP contribution in [0.3, 0.4) is 0 Å². The van der Waals surface area contributed by atoms with Crippen molar-refractivity contribution in [2.75, 3.05) is 4.43 Å². The Morgan fingerprint density at radius 2 is 2.00 bits per heavy atom. The lowest BCUT2D eigenvalue weighted by Gasteiger charge is -1.89. The number of alkyl halides is 1. The van der Waals surface area contributed by atoms with Crippen LogP contribution in [0, 0.1) is 0 Å². The molecule has 0 heterocycles. The van der Waals surface area contributed by atoms with E-state index in [0.29, 0.717) is 0 Å². The molecule has 0 spiro atoms. The Morgan fingerprint density at radius 1 is 1.22 bits per heavy atom. The molecular formula is C8H15I. The molecule has 1 heteroatoms. The Morgan fingerprint density at radius 3 is 2.56 bits per heavy atom. The van der Waals surface area contributed by atoms with E-state index in [1.165, 1.54) is 25.7 Å². The summed E-state index contributed by atoms with van der Waals surface area (Å²) in [6, 6.07) is 0. The van der Waals surface area contributed by atoms with E-state index >= 15 is 0 Å². The first-order valence-electron chi connectivity index (χ1n) is 3.62. The van der Waals surface area contributed by atoms with Crippen molar-refractivity contribution in [1.29, 1.82) is 0 Å². The fourth-order valence-corrected chi connectivity index (χ4v) is 1.05. The minimum absolute atomic E-state index is 1.16. The molecule has 0 bridgehead atoms. The highest BCUT2D eigenvalue weighted by Crippen LogP contribution is 1.99. The first kappa shape index (κ1) is 9.47. The average Bonchev–Trinajstić information content (AvgIpc) is 1.89. The normalized spacial score (nSPS) is 10.9. The standard InChI is InChI=1S/C8H15I/c1-2-3-4-5-6-7-8-9/h6-7H,2-5,8H2,1H3. The molecule has 0 aromatic heterocycles. The molecular weight excluding hydrogens is 223 g/mol. The molecule has 0 fully saturated rings. The summed E-state index contributed by atoms with van der Waals surface area (Å²) < 4.78 is 1.16. The highest BCUT2D eigenvalue weighted by Gasteiger charge is 1.79. The van der Waals surface area contributed by atoms with Crippen LogP contribution >= 0.6 is 22.6 Å². The van der Waals surface area contributed by atoms with Crippen molar-refractivity contribution in [2.24, 2.45) is 0 Å². The number of unbranched alkanes of at least 4 members (excludes halogenated alkanes) is 3. The van der Waals surface area contributed by atoms with Crippen LogP contribution < -0.4 is 0 Å². The quantitative estimate of drug-likeness (QED) is 0.297. The van der Waals surface area contributed by atoms with E-state index in [1.807, 2.05) is 0 Å². The third kappa shape index (κ3) is 8.47. The molecule has 9 heavy (non-hydrogen) atoms. The van der Waals surface area contributed by atoms with Gasteiger partial charge in [-0.15, -0.1) is 0 Å². The minimum Gasteiger partial charge on any atom is -0.0878 e. The molecule has 0 aliphatic rings. The van der Waals surface area contributed by atoms with Crippen molar-refractivity contribution in [1.82, 2.24) is 0 Å². The summed E-state index contributed by atoms with van der Waals surface area (Å²) in [6.45, 7) is 2.24. The second kappa shape index (κ2) is 8.47. The largest absolute Gasteiger partial charge is 0.0878 e. The van der Waals surface area contributed by atoms with Gasteiger partial charge in [-0.2, -0.15) is 0 Å². The zero-order valence-electron chi connectivity index (χ0n) is 6.07. The smallest absolute Gasteiger partial charge is 0.0175 e. The van der Waals surface area contributed by atoms with Gasteiger partial charge < -0.3 is 0 Å². The van der Waals surface area contributed by atoms with Crippen molar-refractivity contribution < 1.29 is 0 Å². The van der Waals surface area contributed by atoms with E-state index < -0.39 is 0 Å². The van der Waals surface area contributed by atoms with Crippen LogP contribution in [0.25, 0.3) is 0 Å². The highest BCUT2D eigenvalue weighted by atomic mass is 127. The van der Waals surface area contributed by atoms with Gasteiger partial charge >= 0.3 is 0 Å². The predicted molar refractivity (Wildman–Crippen MR) is 52.2 cm³/mol. The number of hydrogen-bond acceptors (Lipinski definition) is 0. The summed E-state index contributed by atoms with van der Waals surface area (Å²) in [5.41, 5.74) is 0. The molecule has 0 saturated heterocycles. The Labute approximate surface area is 71.9 Å². The van der Waals surface area contributed by atoms with Gasteiger partial charge in [0.05, 0.1) is 0 Å². The van der Waals surface area contributed by atoms with E-state index in [2.05, 4.69) is 41.7 Å². The first-order valence-corrected chi connectivity index (χ1v) is 5.15. The topological polar surface area (TPSA) is 0 Å². The van der Waals surface area contributed by atoms with Crippen LogP contribution in [-0.4, -0.2) is 4.43 Å². The van der Waals surface area contributed by atoms with Gasteiger partial charge in [0.2, 0.25) is 0 Å². The molecule has 54 valence electrons. The van der Waals surface area contributed by atoms with Gasteiger partial charge in [0, 0.05) is 4.43 Å². The van der Waals surface area contributed by atoms with Gasteiger partial charge in [-0.05, 0) is 12.8 Å². The van der Waals surface area contributed by atoms with Crippen LogP contribution in [0.1, 0.15) is 32.6 Å². The highest BCUT2D eigenvalue weighted by molar-refractivity contribution is 14.1. The zero-order valence-corrected chi connectivity index (χ0v) is 8.23. The molecule has 0 radical (unpaired) electrons. The molecule has 0 aliphatic carbocycles. The number of allylic oxidation sites excluding steroid dienone is 2. The molecule has 0 amide bonds. The summed E-state index contributed by atoms with van der Waals surface area (Å²) in [6.07, 6.45) is 9.86. The lowest BCUT2D eigenvalue weighted by molar-refractivity contribution is 0.729. The molecule has 0 atom stereocenters. The maximum absolute atomic E-state index is 2.36. The third-order valence-electron chi connectivity index (χ3n) is 1.23. The van der Waals surface area contributed by atoms with Crippen LogP contribution in [0.15, 0.2) is 12.2 Å². The Hall–Kier alpha value is 0.470. The summed E-state index contributed by atoms with van der Waals surface area (Å²) in [4.78, 5) is 0. The zero-order chi connectivity index (χ0) is 6.95. The van der Waals surface area contributed by atoms with Crippen molar-refractivity contribution in [3.8, 4) is 0 Å². The first-order chi connectivity index (χ1) is 4.41. The fraction of sp³-hybridized carbons (Fsp3) is 0.750. The van der Waals surface area contributed by atoms with Crippen LogP contribution in [-0.2, 0) is 0 Å². The summed E-state index contributed by atoms with van der Waals surface area (Å²) in [7, 11) is 0. The van der Waals surface area contributed by atoms with E-state index in [9.17, 15) is 0 Å². The summed E-state index contributed by atoms with van der Waals surface area (Å²) in [5.74, 6) is 0. The van der Waals surface area contributed by atoms with E-state index in [-0.39, 0.29) is 0 Å². The lowest BCUT2D eigenvalue weighted by Crippen LogP contribution is -1.70. The Bertz CT molecular complexity index is 67.0. The second-order valence-corrected chi connectivity index (χ2v) is 3.00. The van der Waals surface area contributed by atoms with Gasteiger partial charge in [-0.3, -0.25) is 0 Å². The minimum atomic E-state index is 1.16. The van der Waals surface area contributed by atoms with Crippen LogP contribution in [0.4, 0.5) is 0 Å². The predicted octanol–water partition coefficient (Wildman–Crippen LogP) is 3.56. The van der Waals surface area contributed by atoms with Gasteiger partial charge in [-0.1, -0.05) is 54.5 Å². The van der Waals surface area contributed by atoms with Crippen molar-refractivity contribution in [3.05, 3.63) is 12.2 Å². The van der Waals surface area contributed by atoms with E-state index in [1.54, 1.807) is 0 Å². The Balaban J connectivity index is 2.82. The number of halogens is 1. The molecule has 0 saturated carbocycles. The molecule has 0 aromatic rings. The van der Waals surface area contributed by atoms with Gasteiger partial charge in [0.1, 0.15) is 0 Å². The molecule has 0 aliphatic heterocycles. The van der Waals surface area contributed by atoms with Crippen LogP contribution in [0.2, 0.25) is 0 Å². The van der Waals surface area contributed by atoms with E-state index in [0.717, 1.165) is 4.43 Å². The van der Waals surface area contributed by atoms with Crippen LogP contribution in [0.5, 0.6) is 0 Å². The van der Waals surface area contributed by atoms with Gasteiger partial charge in [-0.25, -0.2) is 0 Å². The number of hydrogen-bond donors (Lipinski definition) is 0. The maximum Gasteiger partial charge on any atom is 0.0175 e. The molecule has 0 nitrogen and oxygen atoms in total. The third-order valence-corrected chi connectivity index (χ3v) is 1.74. The van der Waals surface area contributed by atoms with Gasteiger partial charge in [0.25, 0.3) is 0 Å². The van der Waals surface area contributed by atoms with Crippen molar-refractivity contribution >= 4 is 22.6 Å². The monoisotopic (exact) mass is 238 g/mol. The number of rotatable bonds is 5. The molecule has 0 unspecified atom stereocenters. The molecule has 0 aromatic carbocycles. The summed E-state index contributed by atoms with van der Waals surface area (Å²) in [5, 5.41) is 0. The summed E-state index contributed by atoms with van der Waals surface area (Å²) >= 11 is 2.36. The van der Waals surface area contributed by atoms with Crippen molar-refractivity contribution in [2.45, 2.75) is 32.6 Å². The fourth-order valence-electron chi connectivity index (χ4n) is 0.693. The van der Waals surface area contributed by atoms with Crippen molar-refractivity contribution in [3.63, 3.8) is 0 Å². The average molecular weight is 238 g/mol. The SMILES string of the molecule is CCCCCC=CCI. The van der Waals surface area contributed by atoms with E-state index in [4.69, 9.17) is 0 Å². The maximum atomic E-state index is 2.36. The second-order valence-electron chi connectivity index (χ2n) is 2.12. The van der Waals surface area contributed by atoms with Gasteiger partial charge in [0.15, 0.2) is 0 Å². The lowest BCUT2D eigenvalue weighted by atomic mass is 10.2.